The number of guanidine groups is 1. The number of aliphatic imine (C=N–C) groups is 1. The van der Waals surface area contributed by atoms with Gasteiger partial charge in [-0.15, -0.1) is 0 Å². The van der Waals surface area contributed by atoms with Crippen molar-refractivity contribution in [2.24, 2.45) is 4.99 Å². The molecular formula is C13H21N5O. The summed E-state index contributed by atoms with van der Waals surface area (Å²) in [5.74, 6) is 1.50. The Morgan fingerprint density at radius 3 is 2.89 bits per heavy atom. The van der Waals surface area contributed by atoms with Gasteiger partial charge in [-0.2, -0.15) is 0 Å². The van der Waals surface area contributed by atoms with Crippen LogP contribution < -0.4 is 10.7 Å². The molecule has 0 unspecified atom stereocenters. The molecule has 0 radical (unpaired) electrons. The normalized spacial score (nSPS) is 13.5. The van der Waals surface area contributed by atoms with Gasteiger partial charge < -0.3 is 0 Å². The summed E-state index contributed by atoms with van der Waals surface area (Å²) in [6.45, 7) is 6.64. The summed E-state index contributed by atoms with van der Waals surface area (Å²) < 4.78 is 1.95. The Morgan fingerprint density at radius 1 is 1.42 bits per heavy atom. The predicted octanol–water partition coefficient (Wildman–Crippen LogP) is 1.47. The molecule has 2 rings (SSSR count). The first-order chi connectivity index (χ1) is 9.15. The quantitative estimate of drug-likeness (QED) is 0.864. The third-order valence-electron chi connectivity index (χ3n) is 3.06. The number of hydrogen-bond acceptors (Lipinski definition) is 4. The van der Waals surface area contributed by atoms with Gasteiger partial charge in [0.15, 0.2) is 0 Å². The van der Waals surface area contributed by atoms with Gasteiger partial charge in [0.25, 0.3) is 0 Å². The molecule has 0 bridgehead atoms. The molecule has 2 heterocycles. The highest BCUT2D eigenvalue weighted by Crippen LogP contribution is 2.15. The minimum atomic E-state index is -0.00826. The molecule has 1 aromatic rings. The summed E-state index contributed by atoms with van der Waals surface area (Å²) in [5, 5.41) is 2.79. The van der Waals surface area contributed by atoms with Gasteiger partial charge in [-0.1, -0.05) is 13.8 Å². The lowest BCUT2D eigenvalue weighted by molar-refractivity contribution is -0.119. The van der Waals surface area contributed by atoms with E-state index in [0.717, 1.165) is 36.5 Å². The zero-order valence-electron chi connectivity index (χ0n) is 11.8. The van der Waals surface area contributed by atoms with E-state index in [4.69, 9.17) is 0 Å². The van der Waals surface area contributed by atoms with Crippen LogP contribution in [0.2, 0.25) is 0 Å². The molecule has 0 fully saturated rings. The number of imidazole rings is 1. The van der Waals surface area contributed by atoms with Gasteiger partial charge in [0.05, 0.1) is 17.9 Å². The van der Waals surface area contributed by atoms with Crippen molar-refractivity contribution in [2.45, 2.75) is 53.0 Å². The van der Waals surface area contributed by atoms with Gasteiger partial charge in [0.2, 0.25) is 11.9 Å². The molecule has 6 heteroatoms. The molecule has 19 heavy (non-hydrogen) atoms. The number of nitrogens with one attached hydrogen (secondary N) is 2. The van der Waals surface area contributed by atoms with E-state index in [1.165, 1.54) is 0 Å². The van der Waals surface area contributed by atoms with Crippen LogP contribution in [0.4, 0.5) is 0 Å². The highest BCUT2D eigenvalue weighted by Gasteiger charge is 2.19. The molecule has 0 spiro atoms. The minimum Gasteiger partial charge on any atom is -0.295 e. The summed E-state index contributed by atoms with van der Waals surface area (Å²) in [5.41, 5.74) is 5.20. The van der Waals surface area contributed by atoms with Crippen LogP contribution in [0.25, 0.3) is 0 Å². The van der Waals surface area contributed by atoms with Crippen molar-refractivity contribution in [3.8, 4) is 0 Å². The number of amides is 1. The van der Waals surface area contributed by atoms with E-state index in [2.05, 4.69) is 27.6 Å². The van der Waals surface area contributed by atoms with Gasteiger partial charge in [-0.25, -0.2) is 14.7 Å². The standard InChI is InChI=1S/C13H21N5O/c1-4-6-11-15-9(3)10-8-14-13(17-18(10)11)16-12(19)7-5-2/h4-8H2,1-3H3,(H2,14,16,17,19). The zero-order chi connectivity index (χ0) is 13.8. The average Bonchev–Trinajstić information content (AvgIpc) is 2.67. The lowest BCUT2D eigenvalue weighted by Gasteiger charge is -2.20. The molecule has 1 aliphatic rings. The van der Waals surface area contributed by atoms with E-state index in [1.54, 1.807) is 0 Å². The van der Waals surface area contributed by atoms with Crippen LogP contribution in [-0.2, 0) is 17.8 Å². The fourth-order valence-electron chi connectivity index (χ4n) is 2.12. The highest BCUT2D eigenvalue weighted by atomic mass is 16.1. The van der Waals surface area contributed by atoms with E-state index >= 15 is 0 Å². The number of aromatic nitrogens is 2. The number of carbonyl (C=O) groups excluding carboxylic acids is 1. The Hall–Kier alpha value is -1.85. The third kappa shape index (κ3) is 2.94. The fourth-order valence-corrected chi connectivity index (χ4v) is 2.12. The van der Waals surface area contributed by atoms with Crippen molar-refractivity contribution in [2.75, 3.05) is 5.43 Å². The van der Waals surface area contributed by atoms with Crippen molar-refractivity contribution in [3.63, 3.8) is 0 Å². The summed E-state index contributed by atoms with van der Waals surface area (Å²) in [6, 6.07) is 0. The second-order valence-corrected chi connectivity index (χ2v) is 4.72. The fraction of sp³-hybridized carbons (Fsp3) is 0.615. The molecule has 1 aliphatic heterocycles. The van der Waals surface area contributed by atoms with E-state index < -0.39 is 0 Å². The molecule has 0 saturated carbocycles. The highest BCUT2D eigenvalue weighted by molar-refractivity contribution is 6.01. The van der Waals surface area contributed by atoms with Gasteiger partial charge >= 0.3 is 0 Å². The van der Waals surface area contributed by atoms with Crippen molar-refractivity contribution < 1.29 is 4.79 Å². The molecule has 0 atom stereocenters. The van der Waals surface area contributed by atoms with Crippen LogP contribution >= 0.6 is 0 Å². The van der Waals surface area contributed by atoms with Crippen LogP contribution in [0.1, 0.15) is 50.3 Å². The van der Waals surface area contributed by atoms with Gasteiger partial charge in [-0.05, 0) is 19.8 Å². The predicted molar refractivity (Wildman–Crippen MR) is 74.5 cm³/mol. The molecule has 0 aromatic carbocycles. The molecular weight excluding hydrogens is 242 g/mol. The van der Waals surface area contributed by atoms with Crippen LogP contribution in [0.3, 0.4) is 0 Å². The summed E-state index contributed by atoms with van der Waals surface area (Å²) in [4.78, 5) is 20.5. The maximum atomic E-state index is 11.6. The lowest BCUT2D eigenvalue weighted by Crippen LogP contribution is -2.42. The first-order valence-electron chi connectivity index (χ1n) is 6.84. The molecule has 0 aliphatic carbocycles. The first kappa shape index (κ1) is 13.6. The van der Waals surface area contributed by atoms with E-state index in [9.17, 15) is 4.79 Å². The second-order valence-electron chi connectivity index (χ2n) is 4.72. The smallest absolute Gasteiger partial charge is 0.226 e. The lowest BCUT2D eigenvalue weighted by atomic mass is 10.3. The maximum absolute atomic E-state index is 11.6. The number of hydrogen-bond donors (Lipinski definition) is 2. The number of carbonyl (C=O) groups is 1. The van der Waals surface area contributed by atoms with Crippen LogP contribution in [-0.4, -0.2) is 21.5 Å². The molecule has 104 valence electrons. The van der Waals surface area contributed by atoms with Gasteiger partial charge in [-0.3, -0.25) is 15.5 Å². The number of aryl methyl sites for hydroxylation is 2. The molecule has 6 nitrogen and oxygen atoms in total. The Kier molecular flexibility index (Phi) is 4.19. The SMILES string of the molecule is CCCC(=O)NC1=NCc2c(C)nc(CCC)n2N1. The molecule has 2 N–H and O–H groups in total. The number of rotatable bonds is 4. The molecule has 1 aromatic heterocycles. The van der Waals surface area contributed by atoms with E-state index in [0.29, 0.717) is 18.9 Å². The van der Waals surface area contributed by atoms with Crippen molar-refractivity contribution in [3.05, 3.63) is 17.2 Å². The Balaban J connectivity index is 2.11. The van der Waals surface area contributed by atoms with Crippen molar-refractivity contribution in [1.29, 1.82) is 0 Å². The largest absolute Gasteiger partial charge is 0.295 e. The summed E-state index contributed by atoms with van der Waals surface area (Å²) in [6.07, 6.45) is 3.28. The maximum Gasteiger partial charge on any atom is 0.226 e. The molecule has 1 amide bonds. The number of fused-ring (bicyclic) bond motifs is 1. The van der Waals surface area contributed by atoms with Crippen molar-refractivity contribution >= 4 is 11.9 Å². The second kappa shape index (κ2) is 5.86. The molecule has 0 saturated heterocycles. The number of nitrogens with zero attached hydrogens (tertiary/aromatic N) is 3. The topological polar surface area (TPSA) is 71.3 Å². The average molecular weight is 263 g/mol. The minimum absolute atomic E-state index is 0.00826. The van der Waals surface area contributed by atoms with E-state index in [1.807, 2.05) is 18.5 Å². The monoisotopic (exact) mass is 263 g/mol. The Labute approximate surface area is 113 Å². The van der Waals surface area contributed by atoms with Gasteiger partial charge in [0.1, 0.15) is 5.82 Å². The summed E-state index contributed by atoms with van der Waals surface area (Å²) in [7, 11) is 0. The van der Waals surface area contributed by atoms with Gasteiger partial charge in [0, 0.05) is 12.8 Å². The van der Waals surface area contributed by atoms with Crippen LogP contribution in [0.15, 0.2) is 4.99 Å². The zero-order valence-corrected chi connectivity index (χ0v) is 11.8. The van der Waals surface area contributed by atoms with E-state index in [-0.39, 0.29) is 5.91 Å². The first-order valence-corrected chi connectivity index (χ1v) is 6.84. The van der Waals surface area contributed by atoms with Crippen molar-refractivity contribution in [1.82, 2.24) is 15.0 Å². The Morgan fingerprint density at radius 2 is 2.21 bits per heavy atom. The third-order valence-corrected chi connectivity index (χ3v) is 3.06. The van der Waals surface area contributed by atoms with Crippen LogP contribution in [0.5, 0.6) is 0 Å². The van der Waals surface area contributed by atoms with Crippen LogP contribution in [0, 0.1) is 6.92 Å². The summed E-state index contributed by atoms with van der Waals surface area (Å²) >= 11 is 0. The Bertz CT molecular complexity index is 503.